The van der Waals surface area contributed by atoms with E-state index in [0.717, 1.165) is 31.9 Å². The number of amides is 1. The van der Waals surface area contributed by atoms with E-state index in [1.165, 1.54) is 5.56 Å². The number of aromatic amines is 1. The highest BCUT2D eigenvalue weighted by molar-refractivity contribution is 5.92. The lowest BCUT2D eigenvalue weighted by molar-refractivity contribution is -0.0449. The average molecular weight is 342 g/mol. The van der Waals surface area contributed by atoms with E-state index in [2.05, 4.69) is 44.5 Å². The van der Waals surface area contributed by atoms with E-state index >= 15 is 0 Å². The molecule has 0 spiro atoms. The van der Waals surface area contributed by atoms with Gasteiger partial charge in [-0.15, -0.1) is 0 Å². The standard InChI is InChI=1S/C19H26N4O2/c1-3-18-20-11-16(22-18)19(24)21-14(2)17-13-23(9-10-25-17)12-15-7-5-4-6-8-15/h4-8,11,14,17H,3,9-10,12-13H2,1-2H3,(H,20,22)(H,21,24)/t14-,17-/m0/s1. The summed E-state index contributed by atoms with van der Waals surface area (Å²) in [7, 11) is 0. The smallest absolute Gasteiger partial charge is 0.269 e. The molecule has 0 unspecified atom stereocenters. The summed E-state index contributed by atoms with van der Waals surface area (Å²) in [5.41, 5.74) is 1.80. The molecule has 1 aliphatic heterocycles. The zero-order valence-electron chi connectivity index (χ0n) is 14.9. The summed E-state index contributed by atoms with van der Waals surface area (Å²) in [5.74, 6) is 0.684. The summed E-state index contributed by atoms with van der Waals surface area (Å²) in [4.78, 5) is 21.9. The Morgan fingerprint density at radius 1 is 1.44 bits per heavy atom. The Morgan fingerprint density at radius 2 is 2.24 bits per heavy atom. The highest BCUT2D eigenvalue weighted by Crippen LogP contribution is 2.13. The molecular weight excluding hydrogens is 316 g/mol. The van der Waals surface area contributed by atoms with Crippen molar-refractivity contribution in [2.45, 2.75) is 39.0 Å². The normalized spacial score (nSPS) is 19.5. The molecule has 134 valence electrons. The summed E-state index contributed by atoms with van der Waals surface area (Å²) >= 11 is 0. The Kier molecular flexibility index (Phi) is 5.83. The lowest BCUT2D eigenvalue weighted by Gasteiger charge is -2.36. The first-order chi connectivity index (χ1) is 12.2. The van der Waals surface area contributed by atoms with Gasteiger partial charge < -0.3 is 15.0 Å². The van der Waals surface area contributed by atoms with Crippen molar-refractivity contribution in [2.24, 2.45) is 0 Å². The summed E-state index contributed by atoms with van der Waals surface area (Å²) < 4.78 is 5.89. The zero-order valence-corrected chi connectivity index (χ0v) is 14.9. The van der Waals surface area contributed by atoms with Crippen LogP contribution in [0.15, 0.2) is 36.5 Å². The van der Waals surface area contributed by atoms with Gasteiger partial charge in [0.15, 0.2) is 0 Å². The molecule has 25 heavy (non-hydrogen) atoms. The predicted molar refractivity (Wildman–Crippen MR) is 96.4 cm³/mol. The quantitative estimate of drug-likeness (QED) is 0.842. The molecule has 1 aromatic carbocycles. The number of nitrogens with zero attached hydrogens (tertiary/aromatic N) is 2. The number of benzene rings is 1. The van der Waals surface area contributed by atoms with Gasteiger partial charge in [-0.1, -0.05) is 37.3 Å². The fourth-order valence-corrected chi connectivity index (χ4v) is 3.05. The Labute approximate surface area is 148 Å². The first-order valence-corrected chi connectivity index (χ1v) is 8.88. The van der Waals surface area contributed by atoms with Gasteiger partial charge >= 0.3 is 0 Å². The lowest BCUT2D eigenvalue weighted by Crippen LogP contribution is -2.52. The number of hydrogen-bond acceptors (Lipinski definition) is 4. The van der Waals surface area contributed by atoms with Crippen LogP contribution >= 0.6 is 0 Å². The molecule has 6 nitrogen and oxygen atoms in total. The van der Waals surface area contributed by atoms with Crippen molar-refractivity contribution in [1.29, 1.82) is 0 Å². The second kappa shape index (κ2) is 8.27. The highest BCUT2D eigenvalue weighted by atomic mass is 16.5. The molecule has 6 heteroatoms. The van der Waals surface area contributed by atoms with Crippen molar-refractivity contribution in [1.82, 2.24) is 20.2 Å². The van der Waals surface area contributed by atoms with Gasteiger partial charge in [0.25, 0.3) is 5.91 Å². The maximum Gasteiger partial charge on any atom is 0.269 e. The van der Waals surface area contributed by atoms with Gasteiger partial charge in [0.05, 0.1) is 24.9 Å². The molecular formula is C19H26N4O2. The molecule has 1 fully saturated rings. The van der Waals surface area contributed by atoms with E-state index in [4.69, 9.17) is 4.74 Å². The molecule has 2 aromatic rings. The van der Waals surface area contributed by atoms with Gasteiger partial charge in [0.2, 0.25) is 0 Å². The molecule has 0 bridgehead atoms. The molecule has 1 saturated heterocycles. The number of nitrogens with one attached hydrogen (secondary N) is 2. The second-order valence-corrected chi connectivity index (χ2v) is 6.49. The first kappa shape index (κ1) is 17.6. The van der Waals surface area contributed by atoms with Crippen LogP contribution in [0.25, 0.3) is 0 Å². The third-order valence-corrected chi connectivity index (χ3v) is 4.55. The Balaban J connectivity index is 1.54. The third kappa shape index (κ3) is 4.67. The number of aromatic nitrogens is 2. The Morgan fingerprint density at radius 3 is 2.96 bits per heavy atom. The van der Waals surface area contributed by atoms with Crippen molar-refractivity contribution >= 4 is 5.91 Å². The van der Waals surface area contributed by atoms with Gasteiger partial charge in [0.1, 0.15) is 11.5 Å². The van der Waals surface area contributed by atoms with Gasteiger partial charge in [-0.05, 0) is 12.5 Å². The maximum absolute atomic E-state index is 12.3. The summed E-state index contributed by atoms with van der Waals surface area (Å²) in [6.07, 6.45) is 2.35. The monoisotopic (exact) mass is 342 g/mol. The second-order valence-electron chi connectivity index (χ2n) is 6.49. The van der Waals surface area contributed by atoms with Crippen LogP contribution in [0, 0.1) is 0 Å². The molecule has 1 amide bonds. The average Bonchev–Trinajstić information content (AvgIpc) is 3.12. The zero-order chi connectivity index (χ0) is 17.6. The van der Waals surface area contributed by atoms with E-state index in [-0.39, 0.29) is 18.1 Å². The van der Waals surface area contributed by atoms with Crippen LogP contribution in [0.3, 0.4) is 0 Å². The maximum atomic E-state index is 12.3. The predicted octanol–water partition coefficient (Wildman–Crippen LogP) is 1.99. The summed E-state index contributed by atoms with van der Waals surface area (Å²) in [6.45, 7) is 7.29. The van der Waals surface area contributed by atoms with E-state index < -0.39 is 0 Å². The fourth-order valence-electron chi connectivity index (χ4n) is 3.05. The van der Waals surface area contributed by atoms with Crippen LogP contribution in [0.1, 0.15) is 35.7 Å². The van der Waals surface area contributed by atoms with Crippen LogP contribution in [-0.4, -0.2) is 52.6 Å². The van der Waals surface area contributed by atoms with Crippen LogP contribution < -0.4 is 5.32 Å². The van der Waals surface area contributed by atoms with Crippen LogP contribution in [0.5, 0.6) is 0 Å². The van der Waals surface area contributed by atoms with Crippen molar-refractivity contribution in [3.8, 4) is 0 Å². The van der Waals surface area contributed by atoms with Crippen LogP contribution in [0.4, 0.5) is 0 Å². The number of H-pyrrole nitrogens is 1. The largest absolute Gasteiger partial charge is 0.373 e. The molecule has 0 saturated carbocycles. The lowest BCUT2D eigenvalue weighted by atomic mass is 10.1. The number of morpholine rings is 1. The number of hydrogen-bond donors (Lipinski definition) is 2. The summed E-state index contributed by atoms with van der Waals surface area (Å²) in [5, 5.41) is 3.03. The van der Waals surface area contributed by atoms with Crippen LogP contribution in [0.2, 0.25) is 0 Å². The van der Waals surface area contributed by atoms with E-state index in [9.17, 15) is 4.79 Å². The minimum absolute atomic E-state index is 0.0185. The summed E-state index contributed by atoms with van der Waals surface area (Å²) in [6, 6.07) is 10.4. The first-order valence-electron chi connectivity index (χ1n) is 8.88. The van der Waals surface area contributed by atoms with E-state index in [1.807, 2.05) is 19.9 Å². The van der Waals surface area contributed by atoms with Crippen molar-refractivity contribution in [2.75, 3.05) is 19.7 Å². The van der Waals surface area contributed by atoms with Crippen molar-refractivity contribution < 1.29 is 9.53 Å². The number of rotatable bonds is 6. The van der Waals surface area contributed by atoms with E-state index in [1.54, 1.807) is 6.20 Å². The van der Waals surface area contributed by atoms with E-state index in [0.29, 0.717) is 12.3 Å². The molecule has 2 atom stereocenters. The molecule has 2 N–H and O–H groups in total. The highest BCUT2D eigenvalue weighted by Gasteiger charge is 2.27. The van der Waals surface area contributed by atoms with Crippen molar-refractivity contribution in [3.05, 3.63) is 53.6 Å². The Bertz CT molecular complexity index is 686. The minimum atomic E-state index is -0.136. The van der Waals surface area contributed by atoms with Gasteiger partial charge in [0, 0.05) is 26.1 Å². The number of ether oxygens (including phenoxy) is 1. The fraction of sp³-hybridized carbons (Fsp3) is 0.474. The van der Waals surface area contributed by atoms with Crippen molar-refractivity contribution in [3.63, 3.8) is 0 Å². The molecule has 0 radical (unpaired) electrons. The number of aryl methyl sites for hydroxylation is 1. The molecule has 3 rings (SSSR count). The topological polar surface area (TPSA) is 70.2 Å². The van der Waals surface area contributed by atoms with Gasteiger partial charge in [-0.25, -0.2) is 4.98 Å². The number of carbonyl (C=O) groups is 1. The SMILES string of the molecule is CCc1ncc(C(=O)N[C@@H](C)[C@@H]2CN(Cc3ccccc3)CCO2)[nH]1. The van der Waals surface area contributed by atoms with Crippen LogP contribution in [-0.2, 0) is 17.7 Å². The molecule has 1 aromatic heterocycles. The van der Waals surface area contributed by atoms with Gasteiger partial charge in [-0.3, -0.25) is 9.69 Å². The molecule has 2 heterocycles. The molecule has 0 aliphatic carbocycles. The third-order valence-electron chi connectivity index (χ3n) is 4.55. The molecule has 1 aliphatic rings. The van der Waals surface area contributed by atoms with Gasteiger partial charge in [-0.2, -0.15) is 0 Å². The minimum Gasteiger partial charge on any atom is -0.373 e. The Hall–Kier alpha value is -2.18. The number of carbonyl (C=O) groups excluding carboxylic acids is 1. The number of imidazole rings is 1.